The largest absolute Gasteiger partial charge is 0.325 e. The van der Waals surface area contributed by atoms with E-state index >= 15 is 0 Å². The van der Waals surface area contributed by atoms with Crippen LogP contribution in [0, 0.1) is 6.92 Å². The van der Waals surface area contributed by atoms with Crippen molar-refractivity contribution in [2.75, 3.05) is 10.7 Å². The molecule has 1 aliphatic carbocycles. The molecule has 2 aromatic carbocycles. The molecule has 1 fully saturated rings. The molecule has 0 radical (unpaired) electrons. The average molecular weight is 454 g/mol. The highest BCUT2D eigenvalue weighted by atomic mass is 35.5. The molecule has 5 rings (SSSR count). The summed E-state index contributed by atoms with van der Waals surface area (Å²) in [4.78, 5) is 13.5. The molecule has 3 aromatic rings. The summed E-state index contributed by atoms with van der Waals surface area (Å²) in [5.74, 6) is 0.748. The Labute approximate surface area is 190 Å². The number of halogens is 1. The van der Waals surface area contributed by atoms with Gasteiger partial charge in [0.25, 0.3) is 0 Å². The first kappa shape index (κ1) is 20.4. The lowest BCUT2D eigenvalue weighted by atomic mass is 9.79. The molecule has 0 saturated heterocycles. The number of fused-ring (bicyclic) bond motifs is 1. The fraction of sp³-hybridized carbons (Fsp3) is 0.348. The molecule has 1 saturated carbocycles. The lowest BCUT2D eigenvalue weighted by Gasteiger charge is -2.46. The second kappa shape index (κ2) is 8.20. The molecular formula is C23H24ClN5OS. The van der Waals surface area contributed by atoms with Crippen LogP contribution in [0.15, 0.2) is 53.7 Å². The van der Waals surface area contributed by atoms with Crippen LogP contribution in [-0.4, -0.2) is 31.6 Å². The predicted molar refractivity (Wildman–Crippen MR) is 125 cm³/mol. The third-order valence-electron chi connectivity index (χ3n) is 6.17. The van der Waals surface area contributed by atoms with Crippen LogP contribution in [0.3, 0.4) is 0 Å². The summed E-state index contributed by atoms with van der Waals surface area (Å²) in [5, 5.41) is 12.9. The van der Waals surface area contributed by atoms with Gasteiger partial charge in [-0.15, -0.1) is 10.2 Å². The quantitative estimate of drug-likeness (QED) is 0.565. The number of thioether (sulfide) groups is 1. The van der Waals surface area contributed by atoms with Crippen molar-refractivity contribution in [1.29, 1.82) is 0 Å². The van der Waals surface area contributed by atoms with E-state index in [-0.39, 0.29) is 16.7 Å². The highest BCUT2D eigenvalue weighted by Crippen LogP contribution is 2.44. The number of rotatable bonds is 3. The van der Waals surface area contributed by atoms with Crippen LogP contribution in [-0.2, 0) is 4.79 Å². The Balaban J connectivity index is 1.50. The number of aryl methyl sites for hydroxylation is 1. The molecule has 0 bridgehead atoms. The van der Waals surface area contributed by atoms with Gasteiger partial charge in [0.15, 0.2) is 5.82 Å². The molecule has 31 heavy (non-hydrogen) atoms. The van der Waals surface area contributed by atoms with E-state index in [1.807, 2.05) is 54.1 Å². The van der Waals surface area contributed by atoms with Crippen molar-refractivity contribution in [1.82, 2.24) is 14.9 Å². The number of anilines is 1. The monoisotopic (exact) mass is 453 g/mol. The summed E-state index contributed by atoms with van der Waals surface area (Å²) in [6.45, 7) is 1.97. The van der Waals surface area contributed by atoms with E-state index < -0.39 is 0 Å². The molecule has 8 heteroatoms. The Morgan fingerprint density at radius 3 is 2.71 bits per heavy atom. The third kappa shape index (κ3) is 3.81. The fourth-order valence-corrected chi connectivity index (χ4v) is 5.90. The van der Waals surface area contributed by atoms with Gasteiger partial charge in [0.1, 0.15) is 5.25 Å². The van der Waals surface area contributed by atoms with Crippen molar-refractivity contribution in [2.45, 2.75) is 55.0 Å². The van der Waals surface area contributed by atoms with Gasteiger partial charge in [-0.1, -0.05) is 79.0 Å². The van der Waals surface area contributed by atoms with Gasteiger partial charge in [0, 0.05) is 16.3 Å². The molecular weight excluding hydrogens is 430 g/mol. The van der Waals surface area contributed by atoms with Crippen LogP contribution in [0.4, 0.5) is 5.69 Å². The number of nitrogens with zero attached hydrogens (tertiary/aromatic N) is 3. The third-order valence-corrected chi connectivity index (χ3v) is 7.78. The van der Waals surface area contributed by atoms with Crippen LogP contribution in [0.25, 0.3) is 11.4 Å². The van der Waals surface area contributed by atoms with Gasteiger partial charge in [0.2, 0.25) is 11.1 Å². The van der Waals surface area contributed by atoms with E-state index in [4.69, 9.17) is 11.6 Å². The van der Waals surface area contributed by atoms with E-state index in [1.165, 1.54) is 18.2 Å². The van der Waals surface area contributed by atoms with E-state index in [1.54, 1.807) is 6.07 Å². The number of nitrogens with one attached hydrogen (secondary N) is 2. The Morgan fingerprint density at radius 1 is 1.16 bits per heavy atom. The molecule has 2 N–H and O–H groups in total. The summed E-state index contributed by atoms with van der Waals surface area (Å²) < 4.78 is 1.97. The molecule has 1 amide bonds. The van der Waals surface area contributed by atoms with Gasteiger partial charge in [0.05, 0.1) is 5.54 Å². The highest BCUT2D eigenvalue weighted by Gasteiger charge is 2.49. The number of hydrogen-bond acceptors (Lipinski definition) is 5. The maximum atomic E-state index is 13.5. The second-order valence-corrected chi connectivity index (χ2v) is 9.79. The van der Waals surface area contributed by atoms with Crippen molar-refractivity contribution < 1.29 is 4.79 Å². The summed E-state index contributed by atoms with van der Waals surface area (Å²) in [7, 11) is 0. The average Bonchev–Trinajstić information content (AvgIpc) is 3.19. The molecule has 2 aliphatic rings. The minimum Gasteiger partial charge on any atom is -0.325 e. The maximum absolute atomic E-state index is 13.5. The predicted octanol–water partition coefficient (Wildman–Crippen LogP) is 5.27. The summed E-state index contributed by atoms with van der Waals surface area (Å²) in [6.07, 6.45) is 5.23. The number of carbonyl (C=O) groups is 1. The number of benzene rings is 2. The van der Waals surface area contributed by atoms with E-state index in [0.29, 0.717) is 10.2 Å². The molecule has 160 valence electrons. The number of hydrogen-bond donors (Lipinski definition) is 2. The van der Waals surface area contributed by atoms with E-state index in [2.05, 4.69) is 20.9 Å². The van der Waals surface area contributed by atoms with Crippen molar-refractivity contribution in [3.05, 3.63) is 59.1 Å². The fourth-order valence-electron chi connectivity index (χ4n) is 4.51. The molecule has 1 aromatic heterocycles. The Morgan fingerprint density at radius 2 is 1.94 bits per heavy atom. The van der Waals surface area contributed by atoms with Crippen LogP contribution in [0.2, 0.25) is 5.02 Å². The molecule has 1 unspecified atom stereocenters. The SMILES string of the molecule is Cc1ccc(Cl)cc1NC(=O)C1Sc2nnc(-c3ccccc3)n2NC12CCCCC2. The first-order valence-corrected chi connectivity index (χ1v) is 11.8. The van der Waals surface area contributed by atoms with E-state index in [0.717, 1.165) is 48.3 Å². The molecule has 1 atom stereocenters. The van der Waals surface area contributed by atoms with Gasteiger partial charge in [-0.3, -0.25) is 4.79 Å². The van der Waals surface area contributed by atoms with Crippen molar-refractivity contribution in [3.8, 4) is 11.4 Å². The van der Waals surface area contributed by atoms with Gasteiger partial charge in [-0.2, -0.15) is 0 Å². The van der Waals surface area contributed by atoms with Crippen LogP contribution < -0.4 is 10.7 Å². The smallest absolute Gasteiger partial charge is 0.240 e. The number of amides is 1. The zero-order chi connectivity index (χ0) is 21.4. The van der Waals surface area contributed by atoms with Gasteiger partial charge in [-0.25, -0.2) is 4.68 Å². The number of aromatic nitrogens is 3. The molecule has 6 nitrogen and oxygen atoms in total. The van der Waals surface area contributed by atoms with Gasteiger partial charge in [-0.05, 0) is 37.5 Å². The van der Waals surface area contributed by atoms with Crippen molar-refractivity contribution >= 4 is 35.0 Å². The lowest BCUT2D eigenvalue weighted by molar-refractivity contribution is -0.117. The maximum Gasteiger partial charge on any atom is 0.240 e. The zero-order valence-corrected chi connectivity index (χ0v) is 18.8. The van der Waals surface area contributed by atoms with Gasteiger partial charge >= 0.3 is 0 Å². The summed E-state index contributed by atoms with van der Waals surface area (Å²) in [6, 6.07) is 15.6. The first-order chi connectivity index (χ1) is 15.1. The van der Waals surface area contributed by atoms with Crippen LogP contribution in [0.5, 0.6) is 0 Å². The van der Waals surface area contributed by atoms with Crippen LogP contribution in [0.1, 0.15) is 37.7 Å². The normalized spacial score (nSPS) is 19.5. The Bertz CT molecular complexity index is 1110. The summed E-state index contributed by atoms with van der Waals surface area (Å²) >= 11 is 7.66. The molecule has 2 heterocycles. The van der Waals surface area contributed by atoms with Gasteiger partial charge < -0.3 is 10.7 Å². The Kier molecular flexibility index (Phi) is 5.40. The van der Waals surface area contributed by atoms with Crippen LogP contribution >= 0.6 is 23.4 Å². The minimum atomic E-state index is -0.349. The lowest BCUT2D eigenvalue weighted by Crippen LogP contribution is -2.59. The minimum absolute atomic E-state index is 0.0275. The standard InChI is InChI=1S/C23H24ClN5OS/c1-15-10-11-17(24)14-18(15)25-21(30)19-23(12-6-3-7-13-23)28-29-20(26-27-22(29)31-19)16-8-4-2-5-9-16/h2,4-5,8-11,14,19,28H,3,6-7,12-13H2,1H3,(H,25,30). The topological polar surface area (TPSA) is 71.8 Å². The first-order valence-electron chi connectivity index (χ1n) is 10.6. The summed E-state index contributed by atoms with van der Waals surface area (Å²) in [5.41, 5.74) is 6.07. The van der Waals surface area contributed by atoms with Crippen molar-refractivity contribution in [2.24, 2.45) is 0 Å². The second-order valence-electron chi connectivity index (χ2n) is 8.28. The number of carbonyl (C=O) groups excluding carboxylic acids is 1. The highest BCUT2D eigenvalue weighted by molar-refractivity contribution is 8.00. The molecule has 1 spiro atoms. The Hall–Kier alpha value is -2.51. The zero-order valence-electron chi connectivity index (χ0n) is 17.3. The molecule has 1 aliphatic heterocycles. The van der Waals surface area contributed by atoms with Crippen molar-refractivity contribution in [3.63, 3.8) is 0 Å². The van der Waals surface area contributed by atoms with E-state index in [9.17, 15) is 4.79 Å².